The first-order valence-corrected chi connectivity index (χ1v) is 9.39. The number of nitrogens with two attached hydrogens (primary N) is 1. The summed E-state index contributed by atoms with van der Waals surface area (Å²) >= 11 is 0. The number of nitrogens with one attached hydrogen (secondary N) is 1. The topological polar surface area (TPSA) is 105 Å². The fraction of sp³-hybridized carbons (Fsp3) is 0.286. The van der Waals surface area contributed by atoms with Crippen LogP contribution in [0.25, 0.3) is 22.8 Å². The van der Waals surface area contributed by atoms with Crippen LogP contribution in [0.4, 0.5) is 4.39 Å². The second-order valence-electron chi connectivity index (χ2n) is 7.48. The first-order chi connectivity index (χ1) is 13.5. The maximum atomic E-state index is 14.2. The van der Waals surface area contributed by atoms with E-state index in [-0.39, 0.29) is 17.4 Å². The average Bonchev–Trinajstić information content (AvgIpc) is 3.46. The van der Waals surface area contributed by atoms with Gasteiger partial charge in [0.15, 0.2) is 5.82 Å². The standard InChI is InChI=1S/C21H19FN4O2/c22-14-4-2-1-3-12(14)20-24-9-11-7-8-13-15(21(27)28)19(16(23)10-5-6-10)25-18(13)17(11)26-20/h1-4,9-10,16,25H,5-8,23H2,(H,27,28). The van der Waals surface area contributed by atoms with Crippen molar-refractivity contribution in [2.45, 2.75) is 31.7 Å². The minimum atomic E-state index is -0.976. The summed E-state index contributed by atoms with van der Waals surface area (Å²) in [5.74, 6) is -0.774. The van der Waals surface area contributed by atoms with Crippen molar-refractivity contribution in [1.82, 2.24) is 15.0 Å². The number of hydrogen-bond acceptors (Lipinski definition) is 4. The number of carboxylic acid groups (broad SMARTS) is 1. The SMILES string of the molecule is NC(c1[nH]c2c(c1C(=O)O)CCc1cnc(-c3ccccc3F)nc1-2)C1CC1. The molecule has 0 amide bonds. The van der Waals surface area contributed by atoms with Gasteiger partial charge in [0.05, 0.1) is 22.5 Å². The number of aryl methyl sites for hydroxylation is 1. The Labute approximate surface area is 160 Å². The Balaban J connectivity index is 1.68. The van der Waals surface area contributed by atoms with Gasteiger partial charge in [0.25, 0.3) is 0 Å². The fourth-order valence-electron chi connectivity index (χ4n) is 4.04. The lowest BCUT2D eigenvalue weighted by Crippen LogP contribution is -2.17. The maximum Gasteiger partial charge on any atom is 0.337 e. The zero-order valence-electron chi connectivity index (χ0n) is 15.1. The number of benzene rings is 1. The van der Waals surface area contributed by atoms with E-state index in [0.29, 0.717) is 41.4 Å². The van der Waals surface area contributed by atoms with Gasteiger partial charge in [-0.3, -0.25) is 0 Å². The summed E-state index contributed by atoms with van der Waals surface area (Å²) in [5.41, 5.74) is 10.4. The van der Waals surface area contributed by atoms with Crippen LogP contribution in [0.2, 0.25) is 0 Å². The molecule has 0 bridgehead atoms. The van der Waals surface area contributed by atoms with E-state index in [1.165, 1.54) is 6.07 Å². The van der Waals surface area contributed by atoms with Gasteiger partial charge in [-0.15, -0.1) is 0 Å². The highest BCUT2D eigenvalue weighted by Crippen LogP contribution is 2.43. The van der Waals surface area contributed by atoms with Crippen molar-refractivity contribution in [2.24, 2.45) is 11.7 Å². The first kappa shape index (κ1) is 17.1. The highest BCUT2D eigenvalue weighted by Gasteiger charge is 2.36. The van der Waals surface area contributed by atoms with E-state index in [0.717, 1.165) is 24.0 Å². The Hall–Kier alpha value is -3.06. The van der Waals surface area contributed by atoms with Gasteiger partial charge in [0, 0.05) is 17.9 Å². The highest BCUT2D eigenvalue weighted by atomic mass is 19.1. The van der Waals surface area contributed by atoms with Gasteiger partial charge >= 0.3 is 5.97 Å². The number of halogens is 1. The quantitative estimate of drug-likeness (QED) is 0.645. The third kappa shape index (κ3) is 2.62. The summed E-state index contributed by atoms with van der Waals surface area (Å²) in [6, 6.07) is 6.02. The normalized spacial score (nSPS) is 16.4. The Bertz CT molecular complexity index is 1100. The van der Waals surface area contributed by atoms with Gasteiger partial charge in [-0.05, 0) is 54.9 Å². The van der Waals surface area contributed by atoms with Crippen LogP contribution in [0.3, 0.4) is 0 Å². The number of hydrogen-bond donors (Lipinski definition) is 3. The molecule has 0 spiro atoms. The van der Waals surface area contributed by atoms with E-state index < -0.39 is 11.8 Å². The van der Waals surface area contributed by atoms with Crippen LogP contribution in [-0.4, -0.2) is 26.0 Å². The van der Waals surface area contributed by atoms with Crippen LogP contribution in [0.5, 0.6) is 0 Å². The molecule has 2 aliphatic carbocycles. The lowest BCUT2D eigenvalue weighted by molar-refractivity contribution is 0.0694. The Morgan fingerprint density at radius 2 is 2.07 bits per heavy atom. The van der Waals surface area contributed by atoms with Crippen molar-refractivity contribution in [2.75, 3.05) is 0 Å². The lowest BCUT2D eigenvalue weighted by atomic mass is 9.91. The Kier molecular flexibility index (Phi) is 3.80. The molecule has 1 saturated carbocycles. The van der Waals surface area contributed by atoms with Gasteiger partial charge in [-0.2, -0.15) is 0 Å². The molecule has 7 heteroatoms. The number of aromatic amines is 1. The number of fused-ring (bicyclic) bond motifs is 3. The monoisotopic (exact) mass is 378 g/mol. The predicted molar refractivity (Wildman–Crippen MR) is 101 cm³/mol. The van der Waals surface area contributed by atoms with Crippen LogP contribution >= 0.6 is 0 Å². The Morgan fingerprint density at radius 1 is 1.29 bits per heavy atom. The number of carboxylic acids is 1. The maximum absolute atomic E-state index is 14.2. The third-order valence-electron chi connectivity index (χ3n) is 5.67. The van der Waals surface area contributed by atoms with Crippen molar-refractivity contribution >= 4 is 5.97 Å². The molecule has 1 unspecified atom stereocenters. The van der Waals surface area contributed by atoms with Crippen LogP contribution in [0, 0.1) is 11.7 Å². The largest absolute Gasteiger partial charge is 0.478 e. The molecule has 0 radical (unpaired) electrons. The zero-order valence-corrected chi connectivity index (χ0v) is 15.1. The average molecular weight is 378 g/mol. The van der Waals surface area contributed by atoms with E-state index in [1.807, 2.05) is 0 Å². The van der Waals surface area contributed by atoms with E-state index in [1.54, 1.807) is 24.4 Å². The molecule has 2 aromatic heterocycles. The first-order valence-electron chi connectivity index (χ1n) is 9.39. The van der Waals surface area contributed by atoms with Gasteiger partial charge < -0.3 is 15.8 Å². The van der Waals surface area contributed by atoms with E-state index in [9.17, 15) is 14.3 Å². The molecule has 2 heterocycles. The molecular weight excluding hydrogens is 359 g/mol. The molecule has 1 aromatic carbocycles. The second-order valence-corrected chi connectivity index (χ2v) is 7.48. The van der Waals surface area contributed by atoms with Crippen molar-refractivity contribution in [3.63, 3.8) is 0 Å². The second kappa shape index (κ2) is 6.24. The van der Waals surface area contributed by atoms with E-state index in [4.69, 9.17) is 5.73 Å². The molecule has 0 aliphatic heterocycles. The summed E-state index contributed by atoms with van der Waals surface area (Å²) in [6.07, 6.45) is 4.95. The Morgan fingerprint density at radius 3 is 2.79 bits per heavy atom. The number of carbonyl (C=O) groups is 1. The predicted octanol–water partition coefficient (Wildman–Crippen LogP) is 3.48. The molecule has 3 aromatic rings. The number of nitrogens with zero attached hydrogens (tertiary/aromatic N) is 2. The van der Waals surface area contributed by atoms with Crippen molar-refractivity contribution in [1.29, 1.82) is 0 Å². The number of aromatic nitrogens is 3. The summed E-state index contributed by atoms with van der Waals surface area (Å²) < 4.78 is 14.2. The van der Waals surface area contributed by atoms with Crippen LogP contribution in [0.15, 0.2) is 30.5 Å². The molecule has 6 nitrogen and oxygen atoms in total. The highest BCUT2D eigenvalue weighted by molar-refractivity contribution is 5.94. The van der Waals surface area contributed by atoms with Gasteiger partial charge in [0.1, 0.15) is 5.82 Å². The van der Waals surface area contributed by atoms with E-state index >= 15 is 0 Å². The van der Waals surface area contributed by atoms with Crippen LogP contribution < -0.4 is 5.73 Å². The molecular formula is C21H19FN4O2. The van der Waals surface area contributed by atoms with Crippen LogP contribution in [-0.2, 0) is 12.8 Å². The van der Waals surface area contributed by atoms with Gasteiger partial charge in [-0.25, -0.2) is 19.2 Å². The molecule has 0 saturated heterocycles. The number of H-pyrrole nitrogens is 1. The molecule has 28 heavy (non-hydrogen) atoms. The minimum absolute atomic E-state index is 0.270. The summed E-state index contributed by atoms with van der Waals surface area (Å²) in [6.45, 7) is 0. The zero-order chi connectivity index (χ0) is 19.4. The molecule has 1 atom stereocenters. The summed E-state index contributed by atoms with van der Waals surface area (Å²) in [5, 5.41) is 9.82. The van der Waals surface area contributed by atoms with Crippen molar-refractivity contribution in [3.05, 3.63) is 58.7 Å². The van der Waals surface area contributed by atoms with Gasteiger partial charge in [0.2, 0.25) is 0 Å². The van der Waals surface area contributed by atoms with Crippen LogP contribution in [0.1, 0.15) is 46.1 Å². The molecule has 142 valence electrons. The van der Waals surface area contributed by atoms with Crippen molar-refractivity contribution < 1.29 is 14.3 Å². The number of rotatable bonds is 4. The lowest BCUT2D eigenvalue weighted by Gasteiger charge is -2.16. The summed E-state index contributed by atoms with van der Waals surface area (Å²) in [4.78, 5) is 24.2. The molecule has 4 N–H and O–H groups in total. The molecule has 1 fully saturated rings. The molecule has 5 rings (SSSR count). The fourth-order valence-corrected chi connectivity index (χ4v) is 4.04. The van der Waals surface area contributed by atoms with Gasteiger partial charge in [-0.1, -0.05) is 12.1 Å². The number of aromatic carboxylic acids is 1. The molecule has 2 aliphatic rings. The van der Waals surface area contributed by atoms with E-state index in [2.05, 4.69) is 15.0 Å². The smallest absolute Gasteiger partial charge is 0.337 e. The summed E-state index contributed by atoms with van der Waals surface area (Å²) in [7, 11) is 0. The minimum Gasteiger partial charge on any atom is -0.478 e. The third-order valence-corrected chi connectivity index (χ3v) is 5.67. The van der Waals surface area contributed by atoms with Crippen molar-refractivity contribution in [3.8, 4) is 22.8 Å².